The van der Waals surface area contributed by atoms with Gasteiger partial charge >= 0.3 is 0 Å². The van der Waals surface area contributed by atoms with Crippen molar-refractivity contribution in [3.63, 3.8) is 0 Å². The Bertz CT molecular complexity index is 344. The molecule has 3 N–H and O–H groups in total. The summed E-state index contributed by atoms with van der Waals surface area (Å²) in [6.45, 7) is 0.281. The van der Waals surface area contributed by atoms with Gasteiger partial charge in [0.05, 0.1) is 11.6 Å². The van der Waals surface area contributed by atoms with Crippen LogP contribution in [0.4, 0.5) is 4.39 Å². The van der Waals surface area contributed by atoms with E-state index in [1.807, 2.05) is 0 Å². The zero-order valence-electron chi connectivity index (χ0n) is 7.68. The average Bonchev–Trinajstić information content (AvgIpc) is 2.18. The van der Waals surface area contributed by atoms with Crippen LogP contribution in [-0.2, 0) is 6.42 Å². The molecule has 0 heterocycles. The van der Waals surface area contributed by atoms with Crippen LogP contribution < -0.4 is 10.5 Å². The molecule has 1 aromatic carbocycles. The molecule has 0 saturated heterocycles. The van der Waals surface area contributed by atoms with Gasteiger partial charge in [0.1, 0.15) is 17.3 Å². The summed E-state index contributed by atoms with van der Waals surface area (Å²) in [6.07, 6.45) is 0.292. The van der Waals surface area contributed by atoms with Crippen LogP contribution in [0.5, 0.6) is 11.5 Å². The Kier molecular flexibility index (Phi) is 3.71. The van der Waals surface area contributed by atoms with E-state index in [0.29, 0.717) is 6.42 Å². The number of ether oxygens (including phenoxy) is 1. The normalized spacial score (nSPS) is 10.3. The van der Waals surface area contributed by atoms with Crippen LogP contribution in [0, 0.1) is 5.82 Å². The average molecular weight is 264 g/mol. The predicted molar refractivity (Wildman–Crippen MR) is 55.1 cm³/mol. The van der Waals surface area contributed by atoms with Crippen LogP contribution in [0.25, 0.3) is 0 Å². The highest BCUT2D eigenvalue weighted by Gasteiger charge is 2.15. The second-order valence-electron chi connectivity index (χ2n) is 2.74. The van der Waals surface area contributed by atoms with E-state index >= 15 is 0 Å². The van der Waals surface area contributed by atoms with Crippen molar-refractivity contribution >= 4 is 15.9 Å². The topological polar surface area (TPSA) is 55.5 Å². The molecule has 14 heavy (non-hydrogen) atoms. The third-order valence-corrected chi connectivity index (χ3v) is 2.60. The molecule has 0 bridgehead atoms. The van der Waals surface area contributed by atoms with Gasteiger partial charge in [-0.05, 0) is 28.9 Å². The summed E-state index contributed by atoms with van der Waals surface area (Å²) >= 11 is 3.04. The van der Waals surface area contributed by atoms with Crippen molar-refractivity contribution in [2.45, 2.75) is 6.42 Å². The number of halogens is 2. The highest BCUT2D eigenvalue weighted by molar-refractivity contribution is 9.10. The van der Waals surface area contributed by atoms with Crippen LogP contribution in [0.3, 0.4) is 0 Å². The van der Waals surface area contributed by atoms with Crippen molar-refractivity contribution in [3.05, 3.63) is 21.9 Å². The molecule has 1 rings (SSSR count). The number of hydrogen-bond acceptors (Lipinski definition) is 3. The monoisotopic (exact) mass is 263 g/mol. The van der Waals surface area contributed by atoms with E-state index in [0.717, 1.165) is 0 Å². The van der Waals surface area contributed by atoms with Gasteiger partial charge in [-0.3, -0.25) is 0 Å². The van der Waals surface area contributed by atoms with Crippen molar-refractivity contribution in [3.8, 4) is 11.5 Å². The summed E-state index contributed by atoms with van der Waals surface area (Å²) in [6, 6.07) is 1.36. The zero-order valence-corrected chi connectivity index (χ0v) is 9.27. The van der Waals surface area contributed by atoms with Gasteiger partial charge in [-0.1, -0.05) is 0 Å². The maximum Gasteiger partial charge on any atom is 0.148 e. The Hall–Kier alpha value is -0.810. The quantitative estimate of drug-likeness (QED) is 0.875. The Labute approximate surface area is 89.8 Å². The van der Waals surface area contributed by atoms with E-state index in [1.165, 1.54) is 13.2 Å². The maximum atomic E-state index is 13.6. The third-order valence-electron chi connectivity index (χ3n) is 1.87. The summed E-state index contributed by atoms with van der Waals surface area (Å²) in [4.78, 5) is 0. The summed E-state index contributed by atoms with van der Waals surface area (Å²) < 4.78 is 18.6. The largest absolute Gasteiger partial charge is 0.507 e. The van der Waals surface area contributed by atoms with Crippen molar-refractivity contribution in [2.24, 2.45) is 5.73 Å². The van der Waals surface area contributed by atoms with Crippen LogP contribution in [0.15, 0.2) is 10.5 Å². The fourth-order valence-corrected chi connectivity index (χ4v) is 1.67. The smallest absolute Gasteiger partial charge is 0.148 e. The summed E-state index contributed by atoms with van der Waals surface area (Å²) in [7, 11) is 1.40. The van der Waals surface area contributed by atoms with Crippen molar-refractivity contribution in [1.29, 1.82) is 0 Å². The standard InChI is InChI=1S/C9H11BrFNO2/c1-14-7-4-6(13)5(2-3-12)9(11)8(7)10/h4,13H,2-3,12H2,1H3. The van der Waals surface area contributed by atoms with E-state index in [4.69, 9.17) is 10.5 Å². The summed E-state index contributed by atoms with van der Waals surface area (Å²) in [5.74, 6) is -0.388. The lowest BCUT2D eigenvalue weighted by Gasteiger charge is -2.10. The minimum Gasteiger partial charge on any atom is -0.507 e. The number of benzene rings is 1. The molecule has 5 heteroatoms. The Balaban J connectivity index is 3.26. The van der Waals surface area contributed by atoms with E-state index in [9.17, 15) is 9.50 Å². The van der Waals surface area contributed by atoms with Gasteiger partial charge in [-0.2, -0.15) is 0 Å². The number of nitrogens with two attached hydrogens (primary N) is 1. The first-order valence-corrected chi connectivity index (χ1v) is 4.85. The van der Waals surface area contributed by atoms with Crippen LogP contribution in [0.2, 0.25) is 0 Å². The molecule has 0 amide bonds. The van der Waals surface area contributed by atoms with E-state index < -0.39 is 5.82 Å². The highest BCUT2D eigenvalue weighted by atomic mass is 79.9. The van der Waals surface area contributed by atoms with Crippen molar-refractivity contribution in [2.75, 3.05) is 13.7 Å². The molecule has 0 aromatic heterocycles. The lowest BCUT2D eigenvalue weighted by atomic mass is 10.1. The second kappa shape index (κ2) is 4.61. The van der Waals surface area contributed by atoms with Crippen LogP contribution >= 0.6 is 15.9 Å². The fourth-order valence-electron chi connectivity index (χ4n) is 1.16. The molecule has 3 nitrogen and oxygen atoms in total. The third kappa shape index (κ3) is 1.99. The molecule has 0 aliphatic rings. The first-order valence-electron chi connectivity index (χ1n) is 4.05. The van der Waals surface area contributed by atoms with Gasteiger partial charge in [0.2, 0.25) is 0 Å². The lowest BCUT2D eigenvalue weighted by molar-refractivity contribution is 0.396. The molecule has 0 saturated carbocycles. The van der Waals surface area contributed by atoms with E-state index in [-0.39, 0.29) is 28.1 Å². The Morgan fingerprint density at radius 3 is 2.79 bits per heavy atom. The number of rotatable bonds is 3. The number of hydrogen-bond donors (Lipinski definition) is 2. The fraction of sp³-hybridized carbons (Fsp3) is 0.333. The van der Waals surface area contributed by atoms with Crippen LogP contribution in [-0.4, -0.2) is 18.8 Å². The first kappa shape index (κ1) is 11.3. The van der Waals surface area contributed by atoms with Gasteiger partial charge < -0.3 is 15.6 Å². The first-order chi connectivity index (χ1) is 6.61. The minimum atomic E-state index is -0.521. The van der Waals surface area contributed by atoms with Gasteiger partial charge in [0.15, 0.2) is 0 Å². The molecular formula is C9H11BrFNO2. The van der Waals surface area contributed by atoms with Crippen molar-refractivity contribution in [1.82, 2.24) is 0 Å². The molecule has 0 unspecified atom stereocenters. The molecule has 78 valence electrons. The van der Waals surface area contributed by atoms with Crippen molar-refractivity contribution < 1.29 is 14.2 Å². The van der Waals surface area contributed by atoms with Gasteiger partial charge in [0, 0.05) is 11.6 Å². The Morgan fingerprint density at radius 1 is 1.64 bits per heavy atom. The molecule has 0 aliphatic heterocycles. The highest BCUT2D eigenvalue weighted by Crippen LogP contribution is 2.35. The van der Waals surface area contributed by atoms with Gasteiger partial charge in [-0.25, -0.2) is 4.39 Å². The molecule has 0 atom stereocenters. The summed E-state index contributed by atoms with van der Waals surface area (Å²) in [5, 5.41) is 9.46. The Morgan fingerprint density at radius 2 is 2.29 bits per heavy atom. The number of aromatic hydroxyl groups is 1. The zero-order chi connectivity index (χ0) is 10.7. The lowest BCUT2D eigenvalue weighted by Crippen LogP contribution is -2.05. The second-order valence-corrected chi connectivity index (χ2v) is 3.54. The maximum absolute atomic E-state index is 13.6. The van der Waals surface area contributed by atoms with E-state index in [1.54, 1.807) is 0 Å². The molecule has 1 aromatic rings. The van der Waals surface area contributed by atoms with Crippen LogP contribution in [0.1, 0.15) is 5.56 Å². The molecule has 0 aliphatic carbocycles. The molecule has 0 radical (unpaired) electrons. The number of phenols is 1. The summed E-state index contributed by atoms with van der Waals surface area (Å²) in [5.41, 5.74) is 5.50. The van der Waals surface area contributed by atoms with Gasteiger partial charge in [-0.15, -0.1) is 0 Å². The molecule has 0 spiro atoms. The number of methoxy groups -OCH3 is 1. The predicted octanol–water partition coefficient (Wildman–Crippen LogP) is 1.80. The van der Waals surface area contributed by atoms with E-state index in [2.05, 4.69) is 15.9 Å². The number of phenolic OH excluding ortho intramolecular Hbond substituents is 1. The molecular weight excluding hydrogens is 253 g/mol. The SMILES string of the molecule is COc1cc(O)c(CCN)c(F)c1Br. The molecule has 0 fully saturated rings. The van der Waals surface area contributed by atoms with Gasteiger partial charge in [0.25, 0.3) is 0 Å². The minimum absolute atomic E-state index is 0.131.